The van der Waals surface area contributed by atoms with Crippen molar-refractivity contribution in [3.63, 3.8) is 0 Å². The van der Waals surface area contributed by atoms with Crippen LogP contribution in [0.25, 0.3) is 0 Å². The molecule has 0 heterocycles. The molecule has 20 heavy (non-hydrogen) atoms. The van der Waals surface area contributed by atoms with Gasteiger partial charge in [0, 0.05) is 11.1 Å². The molecule has 0 amide bonds. The van der Waals surface area contributed by atoms with E-state index in [9.17, 15) is 0 Å². The van der Waals surface area contributed by atoms with E-state index in [0.29, 0.717) is 0 Å². The minimum Gasteiger partial charge on any atom is -0.457 e. The van der Waals surface area contributed by atoms with Gasteiger partial charge in [0.2, 0.25) is 0 Å². The van der Waals surface area contributed by atoms with E-state index in [-0.39, 0.29) is 6.04 Å². The Kier molecular flexibility index (Phi) is 5.05. The summed E-state index contributed by atoms with van der Waals surface area (Å²) in [5, 5.41) is 0.750. The Hall–Kier alpha value is -1.51. The van der Waals surface area contributed by atoms with Gasteiger partial charge in [0.05, 0.1) is 0 Å². The van der Waals surface area contributed by atoms with Crippen LogP contribution in [-0.2, 0) is 6.42 Å². The lowest BCUT2D eigenvalue weighted by Gasteiger charge is -2.11. The third-order valence-electron chi connectivity index (χ3n) is 3.29. The van der Waals surface area contributed by atoms with Crippen LogP contribution in [0.4, 0.5) is 0 Å². The summed E-state index contributed by atoms with van der Waals surface area (Å²) in [4.78, 5) is 0. The zero-order chi connectivity index (χ0) is 14.5. The predicted molar refractivity (Wildman–Crippen MR) is 84.7 cm³/mol. The average Bonchev–Trinajstić information content (AvgIpc) is 2.43. The first-order valence-corrected chi connectivity index (χ1v) is 7.25. The predicted octanol–water partition coefficient (Wildman–Crippen LogP) is 4.72. The highest BCUT2D eigenvalue weighted by Crippen LogP contribution is 2.26. The lowest BCUT2D eigenvalue weighted by Crippen LogP contribution is -2.21. The van der Waals surface area contributed by atoms with Gasteiger partial charge in [-0.05, 0) is 61.2 Å². The van der Waals surface area contributed by atoms with Crippen molar-refractivity contribution in [1.82, 2.24) is 0 Å². The molecule has 0 fully saturated rings. The number of rotatable bonds is 5. The third kappa shape index (κ3) is 3.99. The molecule has 2 N–H and O–H groups in total. The van der Waals surface area contributed by atoms with Gasteiger partial charge in [-0.1, -0.05) is 30.7 Å². The van der Waals surface area contributed by atoms with Crippen LogP contribution in [0.15, 0.2) is 42.5 Å². The summed E-state index contributed by atoms with van der Waals surface area (Å²) in [6.45, 7) is 4.06. The van der Waals surface area contributed by atoms with Crippen molar-refractivity contribution < 1.29 is 4.74 Å². The van der Waals surface area contributed by atoms with Crippen LogP contribution in [-0.4, -0.2) is 6.04 Å². The second kappa shape index (κ2) is 6.78. The highest BCUT2D eigenvalue weighted by atomic mass is 35.5. The first-order chi connectivity index (χ1) is 9.58. The number of ether oxygens (including phenoxy) is 1. The van der Waals surface area contributed by atoms with Gasteiger partial charge < -0.3 is 10.5 Å². The summed E-state index contributed by atoms with van der Waals surface area (Å²) in [7, 11) is 0. The molecule has 0 spiro atoms. The highest BCUT2D eigenvalue weighted by molar-refractivity contribution is 6.31. The maximum absolute atomic E-state index is 6.01. The van der Waals surface area contributed by atoms with Crippen molar-refractivity contribution in [1.29, 1.82) is 0 Å². The quantitative estimate of drug-likeness (QED) is 0.864. The molecule has 0 aliphatic heterocycles. The van der Waals surface area contributed by atoms with Gasteiger partial charge in [-0.15, -0.1) is 0 Å². The molecule has 2 aromatic carbocycles. The fraction of sp³-hybridized carbons (Fsp3) is 0.294. The molecule has 2 aromatic rings. The minimum absolute atomic E-state index is 0.197. The Morgan fingerprint density at radius 2 is 1.90 bits per heavy atom. The van der Waals surface area contributed by atoms with E-state index in [1.165, 1.54) is 5.56 Å². The zero-order valence-corrected chi connectivity index (χ0v) is 12.7. The van der Waals surface area contributed by atoms with Crippen LogP contribution >= 0.6 is 11.6 Å². The van der Waals surface area contributed by atoms with Gasteiger partial charge in [-0.3, -0.25) is 0 Å². The van der Waals surface area contributed by atoms with Crippen LogP contribution in [0.3, 0.4) is 0 Å². The number of hydrogen-bond donors (Lipinski definition) is 1. The number of nitrogens with two attached hydrogens (primary N) is 1. The highest BCUT2D eigenvalue weighted by Gasteiger charge is 2.04. The average molecular weight is 290 g/mol. The molecule has 1 unspecified atom stereocenters. The van der Waals surface area contributed by atoms with E-state index >= 15 is 0 Å². The number of halogens is 1. The summed E-state index contributed by atoms with van der Waals surface area (Å²) < 4.78 is 5.87. The number of aryl methyl sites for hydroxylation is 1. The Balaban J connectivity index is 2.12. The molecule has 0 saturated heterocycles. The molecule has 0 radical (unpaired) electrons. The lowest BCUT2D eigenvalue weighted by molar-refractivity contribution is 0.481. The smallest absolute Gasteiger partial charge is 0.127 e. The number of hydrogen-bond acceptors (Lipinski definition) is 2. The third-order valence-corrected chi connectivity index (χ3v) is 3.71. The molecule has 2 nitrogen and oxygen atoms in total. The fourth-order valence-corrected chi connectivity index (χ4v) is 2.12. The standard InChI is InChI=1S/C17H20ClNO/c1-3-14(19)10-13-5-4-6-15(11-13)20-16-7-8-17(18)12(2)9-16/h4-9,11,14H,3,10,19H2,1-2H3. The molecule has 0 aliphatic carbocycles. The van der Waals surface area contributed by atoms with Gasteiger partial charge in [-0.25, -0.2) is 0 Å². The topological polar surface area (TPSA) is 35.2 Å². The van der Waals surface area contributed by atoms with Crippen molar-refractivity contribution >= 4 is 11.6 Å². The SMILES string of the molecule is CCC(N)Cc1cccc(Oc2ccc(Cl)c(C)c2)c1. The van der Waals surface area contributed by atoms with Crippen molar-refractivity contribution in [2.24, 2.45) is 5.73 Å². The van der Waals surface area contributed by atoms with E-state index in [2.05, 4.69) is 13.0 Å². The normalized spacial score (nSPS) is 12.2. The molecule has 0 saturated carbocycles. The van der Waals surface area contributed by atoms with E-state index in [1.807, 2.05) is 43.3 Å². The molecule has 2 rings (SSSR count). The van der Waals surface area contributed by atoms with Gasteiger partial charge in [0.15, 0.2) is 0 Å². The molecule has 0 aliphatic rings. The Labute approximate surface area is 125 Å². The summed E-state index contributed by atoms with van der Waals surface area (Å²) in [5.41, 5.74) is 8.19. The lowest BCUT2D eigenvalue weighted by atomic mass is 10.0. The first kappa shape index (κ1) is 14.9. The van der Waals surface area contributed by atoms with E-state index in [4.69, 9.17) is 22.1 Å². The van der Waals surface area contributed by atoms with E-state index in [0.717, 1.165) is 34.9 Å². The van der Waals surface area contributed by atoms with Gasteiger partial charge in [0.1, 0.15) is 11.5 Å². The monoisotopic (exact) mass is 289 g/mol. The van der Waals surface area contributed by atoms with Crippen molar-refractivity contribution in [3.8, 4) is 11.5 Å². The summed E-state index contributed by atoms with van der Waals surface area (Å²) in [6.07, 6.45) is 1.84. The van der Waals surface area contributed by atoms with E-state index in [1.54, 1.807) is 0 Å². The summed E-state index contributed by atoms with van der Waals surface area (Å²) in [5.74, 6) is 1.62. The first-order valence-electron chi connectivity index (χ1n) is 6.87. The summed E-state index contributed by atoms with van der Waals surface area (Å²) >= 11 is 6.01. The molecular weight excluding hydrogens is 270 g/mol. The second-order valence-corrected chi connectivity index (χ2v) is 5.44. The van der Waals surface area contributed by atoms with Crippen molar-refractivity contribution in [3.05, 3.63) is 58.6 Å². The largest absolute Gasteiger partial charge is 0.457 e. The molecule has 1 atom stereocenters. The van der Waals surface area contributed by atoms with Crippen molar-refractivity contribution in [2.45, 2.75) is 32.7 Å². The van der Waals surface area contributed by atoms with Gasteiger partial charge in [-0.2, -0.15) is 0 Å². The maximum atomic E-state index is 6.01. The Morgan fingerprint density at radius 1 is 1.15 bits per heavy atom. The zero-order valence-electron chi connectivity index (χ0n) is 11.9. The molecular formula is C17H20ClNO. The van der Waals surface area contributed by atoms with Crippen LogP contribution in [0.1, 0.15) is 24.5 Å². The minimum atomic E-state index is 0.197. The Bertz CT molecular complexity index is 583. The molecule has 3 heteroatoms. The second-order valence-electron chi connectivity index (χ2n) is 5.03. The summed E-state index contributed by atoms with van der Waals surface area (Å²) in [6, 6.07) is 13.9. The molecule has 106 valence electrons. The van der Waals surface area contributed by atoms with Crippen LogP contribution < -0.4 is 10.5 Å². The van der Waals surface area contributed by atoms with E-state index < -0.39 is 0 Å². The molecule has 0 bridgehead atoms. The van der Waals surface area contributed by atoms with Gasteiger partial charge in [0.25, 0.3) is 0 Å². The van der Waals surface area contributed by atoms with Gasteiger partial charge >= 0.3 is 0 Å². The number of benzene rings is 2. The van der Waals surface area contributed by atoms with Crippen LogP contribution in [0.5, 0.6) is 11.5 Å². The van der Waals surface area contributed by atoms with Crippen LogP contribution in [0.2, 0.25) is 5.02 Å². The Morgan fingerprint density at radius 3 is 2.60 bits per heavy atom. The van der Waals surface area contributed by atoms with Crippen LogP contribution in [0, 0.1) is 6.92 Å². The van der Waals surface area contributed by atoms with Crippen molar-refractivity contribution in [2.75, 3.05) is 0 Å². The molecule has 0 aromatic heterocycles. The maximum Gasteiger partial charge on any atom is 0.127 e. The fourth-order valence-electron chi connectivity index (χ4n) is 2.00.